The van der Waals surface area contributed by atoms with E-state index in [0.29, 0.717) is 5.82 Å². The summed E-state index contributed by atoms with van der Waals surface area (Å²) < 4.78 is 4.34. The number of rotatable bonds is 2. The molecule has 1 aromatic heterocycles. The van der Waals surface area contributed by atoms with Crippen LogP contribution in [0.5, 0.6) is 11.6 Å². The van der Waals surface area contributed by atoms with Crippen LogP contribution in [-0.4, -0.2) is 21.5 Å². The van der Waals surface area contributed by atoms with Gasteiger partial charge in [0.1, 0.15) is 5.82 Å². The van der Waals surface area contributed by atoms with Crippen LogP contribution in [-0.2, 0) is 4.79 Å². The lowest BCUT2D eigenvalue weighted by molar-refractivity contribution is -0.121. The monoisotopic (exact) mass is 154 g/mol. The van der Waals surface area contributed by atoms with Crippen LogP contribution in [0.4, 0.5) is 0 Å². The summed E-state index contributed by atoms with van der Waals surface area (Å²) in [5, 5.41) is 8.96. The van der Waals surface area contributed by atoms with Crippen molar-refractivity contribution in [1.29, 1.82) is 0 Å². The molecule has 11 heavy (non-hydrogen) atoms. The van der Waals surface area contributed by atoms with Crippen molar-refractivity contribution in [2.75, 3.05) is 0 Å². The van der Waals surface area contributed by atoms with E-state index in [4.69, 9.17) is 5.11 Å². The van der Waals surface area contributed by atoms with Gasteiger partial charge in [-0.2, -0.15) is 4.98 Å². The van der Waals surface area contributed by atoms with Crippen molar-refractivity contribution < 1.29 is 14.6 Å². The smallest absolute Gasteiger partial charge is 0.299 e. The maximum atomic E-state index is 9.84. The van der Waals surface area contributed by atoms with E-state index < -0.39 is 0 Å². The highest BCUT2D eigenvalue weighted by Gasteiger charge is 2.03. The lowest BCUT2D eigenvalue weighted by Gasteiger charge is -1.98. The van der Waals surface area contributed by atoms with Gasteiger partial charge in [0, 0.05) is 0 Å². The predicted octanol–water partition coefficient (Wildman–Crippen LogP) is 0.0258. The molecule has 0 unspecified atom stereocenters. The van der Waals surface area contributed by atoms with Crippen LogP contribution >= 0.6 is 0 Å². The molecule has 0 radical (unpaired) electrons. The Balaban J connectivity index is 3.01. The third-order valence-corrected chi connectivity index (χ3v) is 1.02. The standard InChI is InChI=1S/C6H6N2O3/c1-4-7-2-5(10)6(8-4)11-3-9/h2-3,10H,1H3. The van der Waals surface area contributed by atoms with Gasteiger partial charge in [-0.1, -0.05) is 0 Å². The highest BCUT2D eigenvalue weighted by atomic mass is 16.5. The van der Waals surface area contributed by atoms with Gasteiger partial charge in [-0.3, -0.25) is 4.79 Å². The zero-order valence-corrected chi connectivity index (χ0v) is 5.81. The molecule has 5 nitrogen and oxygen atoms in total. The molecule has 0 aliphatic heterocycles. The number of carbonyl (C=O) groups is 1. The number of aromatic hydroxyl groups is 1. The van der Waals surface area contributed by atoms with E-state index in [9.17, 15) is 4.79 Å². The molecule has 0 saturated carbocycles. The number of ether oxygens (including phenoxy) is 1. The second kappa shape index (κ2) is 2.96. The van der Waals surface area contributed by atoms with E-state index in [1.54, 1.807) is 6.92 Å². The number of aromatic nitrogens is 2. The second-order valence-electron chi connectivity index (χ2n) is 1.82. The summed E-state index contributed by atoms with van der Waals surface area (Å²) >= 11 is 0. The van der Waals surface area contributed by atoms with Gasteiger partial charge in [0.2, 0.25) is 0 Å². The molecule has 0 atom stereocenters. The van der Waals surface area contributed by atoms with Crippen LogP contribution < -0.4 is 4.74 Å². The Morgan fingerprint density at radius 1 is 1.73 bits per heavy atom. The lowest BCUT2D eigenvalue weighted by Crippen LogP contribution is -1.95. The van der Waals surface area contributed by atoms with Crippen LogP contribution in [0.15, 0.2) is 6.20 Å². The van der Waals surface area contributed by atoms with Crippen molar-refractivity contribution in [2.45, 2.75) is 6.92 Å². The maximum Gasteiger partial charge on any atom is 0.299 e. The first-order chi connectivity index (χ1) is 5.24. The molecule has 0 fully saturated rings. The zero-order chi connectivity index (χ0) is 8.27. The minimum atomic E-state index is -0.247. The van der Waals surface area contributed by atoms with Gasteiger partial charge in [-0.05, 0) is 6.92 Å². The first-order valence-electron chi connectivity index (χ1n) is 2.87. The fraction of sp³-hybridized carbons (Fsp3) is 0.167. The van der Waals surface area contributed by atoms with Crippen LogP contribution in [0.25, 0.3) is 0 Å². The minimum Gasteiger partial charge on any atom is -0.502 e. The van der Waals surface area contributed by atoms with Gasteiger partial charge in [-0.25, -0.2) is 4.98 Å². The molecule has 1 N–H and O–H groups in total. The molecule has 1 heterocycles. The van der Waals surface area contributed by atoms with Gasteiger partial charge in [0.25, 0.3) is 12.4 Å². The molecule has 0 aromatic carbocycles. The van der Waals surface area contributed by atoms with Gasteiger partial charge in [0.05, 0.1) is 6.20 Å². The molecular weight excluding hydrogens is 148 g/mol. The molecule has 0 amide bonds. The summed E-state index contributed by atoms with van der Waals surface area (Å²) in [4.78, 5) is 17.2. The minimum absolute atomic E-state index is 0.118. The Labute approximate surface area is 62.7 Å². The van der Waals surface area contributed by atoms with E-state index in [1.807, 2.05) is 0 Å². The average molecular weight is 154 g/mol. The Morgan fingerprint density at radius 3 is 3.09 bits per heavy atom. The summed E-state index contributed by atoms with van der Waals surface area (Å²) in [7, 11) is 0. The van der Waals surface area contributed by atoms with Crippen molar-refractivity contribution in [1.82, 2.24) is 9.97 Å². The van der Waals surface area contributed by atoms with Crippen molar-refractivity contribution in [3.05, 3.63) is 12.0 Å². The largest absolute Gasteiger partial charge is 0.502 e. The topological polar surface area (TPSA) is 72.3 Å². The summed E-state index contributed by atoms with van der Waals surface area (Å²) in [6.07, 6.45) is 1.17. The molecule has 1 aromatic rings. The summed E-state index contributed by atoms with van der Waals surface area (Å²) in [6.45, 7) is 1.82. The second-order valence-corrected chi connectivity index (χ2v) is 1.82. The molecule has 1 rings (SSSR count). The third kappa shape index (κ3) is 1.64. The number of aryl methyl sites for hydroxylation is 1. The molecular formula is C6H6N2O3. The molecule has 0 bridgehead atoms. The summed E-state index contributed by atoms with van der Waals surface area (Å²) in [5.74, 6) is 0.0647. The van der Waals surface area contributed by atoms with Crippen molar-refractivity contribution >= 4 is 6.47 Å². The Hall–Kier alpha value is -1.65. The first-order valence-corrected chi connectivity index (χ1v) is 2.87. The van der Waals surface area contributed by atoms with Crippen LogP contribution in [0.1, 0.15) is 5.82 Å². The maximum absolute atomic E-state index is 9.84. The number of hydrogen-bond donors (Lipinski definition) is 1. The average Bonchev–Trinajstić information content (AvgIpc) is 1.98. The van der Waals surface area contributed by atoms with E-state index in [2.05, 4.69) is 14.7 Å². The van der Waals surface area contributed by atoms with Crippen LogP contribution in [0.3, 0.4) is 0 Å². The number of hydrogen-bond acceptors (Lipinski definition) is 5. The van der Waals surface area contributed by atoms with E-state index in [0.717, 1.165) is 0 Å². The van der Waals surface area contributed by atoms with Gasteiger partial charge < -0.3 is 9.84 Å². The quantitative estimate of drug-likeness (QED) is 0.608. The van der Waals surface area contributed by atoms with Crippen molar-refractivity contribution in [3.8, 4) is 11.6 Å². The van der Waals surface area contributed by atoms with Gasteiger partial charge in [0.15, 0.2) is 5.75 Å². The Bertz CT molecular complexity index is 275. The normalized spacial score (nSPS) is 9.18. The first kappa shape index (κ1) is 7.46. The molecule has 0 spiro atoms. The van der Waals surface area contributed by atoms with Crippen LogP contribution in [0, 0.1) is 6.92 Å². The Morgan fingerprint density at radius 2 is 2.45 bits per heavy atom. The molecule has 0 aliphatic rings. The number of carbonyl (C=O) groups excluding carboxylic acids is 1. The van der Waals surface area contributed by atoms with E-state index in [1.165, 1.54) is 6.20 Å². The van der Waals surface area contributed by atoms with E-state index in [-0.39, 0.29) is 18.1 Å². The van der Waals surface area contributed by atoms with Crippen molar-refractivity contribution in [3.63, 3.8) is 0 Å². The molecule has 0 saturated heterocycles. The van der Waals surface area contributed by atoms with E-state index >= 15 is 0 Å². The molecule has 58 valence electrons. The zero-order valence-electron chi connectivity index (χ0n) is 5.81. The number of nitrogens with zero attached hydrogens (tertiary/aromatic N) is 2. The predicted molar refractivity (Wildman–Crippen MR) is 35.1 cm³/mol. The fourth-order valence-electron chi connectivity index (χ4n) is 0.575. The summed E-state index contributed by atoms with van der Waals surface area (Å²) in [6, 6.07) is 0. The highest BCUT2D eigenvalue weighted by Crippen LogP contribution is 2.19. The Kier molecular flexibility index (Phi) is 2.00. The SMILES string of the molecule is Cc1ncc(O)c(OC=O)n1. The fourth-order valence-corrected chi connectivity index (χ4v) is 0.575. The molecule has 5 heteroatoms. The lowest BCUT2D eigenvalue weighted by atomic mass is 10.5. The third-order valence-electron chi connectivity index (χ3n) is 1.02. The summed E-state index contributed by atoms with van der Waals surface area (Å²) in [5.41, 5.74) is 0. The van der Waals surface area contributed by atoms with Crippen molar-refractivity contribution in [2.24, 2.45) is 0 Å². The highest BCUT2D eigenvalue weighted by molar-refractivity contribution is 5.46. The van der Waals surface area contributed by atoms with Gasteiger partial charge >= 0.3 is 0 Å². The van der Waals surface area contributed by atoms with Gasteiger partial charge in [-0.15, -0.1) is 0 Å². The molecule has 0 aliphatic carbocycles. The van der Waals surface area contributed by atoms with Crippen LogP contribution in [0.2, 0.25) is 0 Å².